The summed E-state index contributed by atoms with van der Waals surface area (Å²) in [5.41, 5.74) is 4.73. The van der Waals surface area contributed by atoms with Crippen molar-refractivity contribution in [3.05, 3.63) is 65.2 Å². The molecule has 23 heavy (non-hydrogen) atoms. The molecule has 0 bridgehead atoms. The number of rotatable bonds is 5. The highest BCUT2D eigenvalue weighted by atomic mass is 15.3. The molecule has 0 aliphatic heterocycles. The second kappa shape index (κ2) is 8.37. The van der Waals surface area contributed by atoms with Crippen LogP contribution in [0.4, 0.5) is 5.69 Å². The third kappa shape index (κ3) is 4.59. The average molecular weight is 309 g/mol. The smallest absolute Gasteiger partial charge is 0.199 e. The van der Waals surface area contributed by atoms with E-state index in [-0.39, 0.29) is 0 Å². The van der Waals surface area contributed by atoms with E-state index < -0.39 is 0 Å². The van der Waals surface area contributed by atoms with Crippen molar-refractivity contribution >= 4 is 11.6 Å². The van der Waals surface area contributed by atoms with Crippen LogP contribution in [-0.4, -0.2) is 23.9 Å². The molecule has 0 fully saturated rings. The Kier molecular flexibility index (Phi) is 6.21. The van der Waals surface area contributed by atoms with E-state index in [2.05, 4.69) is 80.4 Å². The lowest BCUT2D eigenvalue weighted by Gasteiger charge is -2.24. The van der Waals surface area contributed by atoms with Crippen molar-refractivity contribution in [3.8, 4) is 0 Å². The fourth-order valence-corrected chi connectivity index (χ4v) is 2.61. The van der Waals surface area contributed by atoms with Crippen LogP contribution in [0.15, 0.2) is 53.5 Å². The van der Waals surface area contributed by atoms with Gasteiger partial charge in [-0.2, -0.15) is 0 Å². The quantitative estimate of drug-likeness (QED) is 0.654. The third-order valence-electron chi connectivity index (χ3n) is 4.01. The van der Waals surface area contributed by atoms with Crippen molar-refractivity contribution in [3.63, 3.8) is 0 Å². The number of nitrogens with one attached hydrogen (secondary N) is 1. The van der Waals surface area contributed by atoms with Crippen LogP contribution in [0, 0.1) is 13.8 Å². The molecule has 2 aromatic carbocycles. The summed E-state index contributed by atoms with van der Waals surface area (Å²) in [6, 6.07) is 16.7. The van der Waals surface area contributed by atoms with E-state index in [1.165, 1.54) is 16.7 Å². The molecular formula is C20H27N3. The molecule has 122 valence electrons. The first kappa shape index (κ1) is 17.1. The van der Waals surface area contributed by atoms with Gasteiger partial charge in [0.25, 0.3) is 0 Å². The van der Waals surface area contributed by atoms with Gasteiger partial charge in [0.05, 0.1) is 5.69 Å². The van der Waals surface area contributed by atoms with Crippen LogP contribution in [0.25, 0.3) is 0 Å². The molecule has 0 atom stereocenters. The van der Waals surface area contributed by atoms with Crippen LogP contribution < -0.4 is 5.32 Å². The maximum Gasteiger partial charge on any atom is 0.199 e. The molecule has 0 saturated carbocycles. The first-order chi connectivity index (χ1) is 11.2. The van der Waals surface area contributed by atoms with Crippen LogP contribution in [0.2, 0.25) is 0 Å². The summed E-state index contributed by atoms with van der Waals surface area (Å²) < 4.78 is 0. The first-order valence-corrected chi connectivity index (χ1v) is 8.33. The molecule has 1 N–H and O–H groups in total. The van der Waals surface area contributed by atoms with Crippen LogP contribution in [0.5, 0.6) is 0 Å². The summed E-state index contributed by atoms with van der Waals surface area (Å²) in [7, 11) is 0. The summed E-state index contributed by atoms with van der Waals surface area (Å²) >= 11 is 0. The van der Waals surface area contributed by atoms with Crippen LogP contribution in [-0.2, 0) is 6.54 Å². The van der Waals surface area contributed by atoms with Crippen molar-refractivity contribution in [1.29, 1.82) is 0 Å². The SMILES string of the molecule is CCN(CC)/C(=N\c1c(C)cccc1C)NCc1ccccc1. The van der Waals surface area contributed by atoms with Crippen molar-refractivity contribution < 1.29 is 0 Å². The minimum atomic E-state index is 0.779. The molecule has 0 spiro atoms. The molecule has 0 aliphatic carbocycles. The van der Waals surface area contributed by atoms with Crippen molar-refractivity contribution in [2.45, 2.75) is 34.2 Å². The zero-order valence-electron chi connectivity index (χ0n) is 14.6. The maximum absolute atomic E-state index is 4.95. The van der Waals surface area contributed by atoms with Gasteiger partial charge in [-0.1, -0.05) is 48.5 Å². The summed E-state index contributed by atoms with van der Waals surface area (Å²) in [5, 5.41) is 3.52. The fraction of sp³-hybridized carbons (Fsp3) is 0.350. The van der Waals surface area contributed by atoms with Crippen molar-refractivity contribution in [1.82, 2.24) is 10.2 Å². The van der Waals surface area contributed by atoms with E-state index in [4.69, 9.17) is 4.99 Å². The molecule has 0 amide bonds. The van der Waals surface area contributed by atoms with Gasteiger partial charge in [-0.05, 0) is 44.4 Å². The van der Waals surface area contributed by atoms with Gasteiger partial charge < -0.3 is 10.2 Å². The van der Waals surface area contributed by atoms with E-state index in [1.807, 2.05) is 6.07 Å². The van der Waals surface area contributed by atoms with E-state index in [0.717, 1.165) is 31.3 Å². The molecule has 0 aromatic heterocycles. The van der Waals surface area contributed by atoms with Crippen LogP contribution >= 0.6 is 0 Å². The Morgan fingerprint density at radius 2 is 1.52 bits per heavy atom. The monoisotopic (exact) mass is 309 g/mol. The van der Waals surface area contributed by atoms with Gasteiger partial charge in [0.2, 0.25) is 0 Å². The number of aliphatic imine (C=N–C) groups is 1. The van der Waals surface area contributed by atoms with Crippen LogP contribution in [0.1, 0.15) is 30.5 Å². The number of para-hydroxylation sites is 1. The van der Waals surface area contributed by atoms with Gasteiger partial charge >= 0.3 is 0 Å². The zero-order chi connectivity index (χ0) is 16.7. The maximum atomic E-state index is 4.95. The summed E-state index contributed by atoms with van der Waals surface area (Å²) in [4.78, 5) is 7.20. The van der Waals surface area contributed by atoms with Gasteiger partial charge in [0.15, 0.2) is 5.96 Å². The minimum absolute atomic E-state index is 0.779. The Labute approximate surface area is 140 Å². The molecule has 0 saturated heterocycles. The lowest BCUT2D eigenvalue weighted by atomic mass is 10.1. The molecule has 3 heteroatoms. The topological polar surface area (TPSA) is 27.6 Å². The highest BCUT2D eigenvalue weighted by molar-refractivity contribution is 5.83. The van der Waals surface area contributed by atoms with E-state index in [9.17, 15) is 0 Å². The molecular weight excluding hydrogens is 282 g/mol. The van der Waals surface area contributed by atoms with E-state index >= 15 is 0 Å². The van der Waals surface area contributed by atoms with Gasteiger partial charge in [-0.15, -0.1) is 0 Å². The highest BCUT2D eigenvalue weighted by Crippen LogP contribution is 2.23. The Balaban J connectivity index is 2.28. The lowest BCUT2D eigenvalue weighted by Crippen LogP contribution is -2.40. The van der Waals surface area contributed by atoms with Crippen molar-refractivity contribution in [2.24, 2.45) is 4.99 Å². The van der Waals surface area contributed by atoms with Crippen molar-refractivity contribution in [2.75, 3.05) is 13.1 Å². The normalized spacial score (nSPS) is 11.4. The Hall–Kier alpha value is -2.29. The lowest BCUT2D eigenvalue weighted by molar-refractivity contribution is 0.446. The number of nitrogens with zero attached hydrogens (tertiary/aromatic N) is 2. The Morgan fingerprint density at radius 3 is 2.09 bits per heavy atom. The van der Waals surface area contributed by atoms with Gasteiger partial charge in [-0.3, -0.25) is 0 Å². The largest absolute Gasteiger partial charge is 0.352 e. The average Bonchev–Trinajstić information content (AvgIpc) is 2.57. The van der Waals surface area contributed by atoms with E-state index in [1.54, 1.807) is 0 Å². The Bertz CT molecular complexity index is 623. The molecule has 0 aliphatic rings. The molecule has 0 heterocycles. The van der Waals surface area contributed by atoms with Gasteiger partial charge in [0.1, 0.15) is 0 Å². The molecule has 2 rings (SSSR count). The standard InChI is InChI=1S/C20H27N3/c1-5-23(6-2)20(21-15-18-13-8-7-9-14-18)22-19-16(3)11-10-12-17(19)4/h7-14H,5-6,15H2,1-4H3,(H,21,22). The third-order valence-corrected chi connectivity index (χ3v) is 4.01. The Morgan fingerprint density at radius 1 is 0.913 bits per heavy atom. The molecule has 0 unspecified atom stereocenters. The molecule has 2 aromatic rings. The minimum Gasteiger partial charge on any atom is -0.352 e. The highest BCUT2D eigenvalue weighted by Gasteiger charge is 2.09. The zero-order valence-corrected chi connectivity index (χ0v) is 14.6. The predicted molar refractivity (Wildman–Crippen MR) is 99.2 cm³/mol. The second-order valence-electron chi connectivity index (χ2n) is 5.69. The fourth-order valence-electron chi connectivity index (χ4n) is 2.61. The van der Waals surface area contributed by atoms with Gasteiger partial charge in [-0.25, -0.2) is 4.99 Å². The summed E-state index contributed by atoms with van der Waals surface area (Å²) in [6.45, 7) is 11.2. The first-order valence-electron chi connectivity index (χ1n) is 8.33. The number of benzene rings is 2. The number of guanidine groups is 1. The number of aryl methyl sites for hydroxylation is 2. The number of hydrogen-bond donors (Lipinski definition) is 1. The summed E-state index contributed by atoms with van der Waals surface area (Å²) in [6.07, 6.45) is 0. The molecule has 0 radical (unpaired) electrons. The summed E-state index contributed by atoms with van der Waals surface area (Å²) in [5.74, 6) is 0.941. The predicted octanol–water partition coefficient (Wildman–Crippen LogP) is 4.42. The number of hydrogen-bond acceptors (Lipinski definition) is 1. The van der Waals surface area contributed by atoms with E-state index in [0.29, 0.717) is 0 Å². The second-order valence-corrected chi connectivity index (χ2v) is 5.69. The van der Waals surface area contributed by atoms with Crippen LogP contribution in [0.3, 0.4) is 0 Å². The molecule has 3 nitrogen and oxygen atoms in total. The van der Waals surface area contributed by atoms with Gasteiger partial charge in [0, 0.05) is 19.6 Å².